The third kappa shape index (κ3) is 5.49. The van der Waals surface area contributed by atoms with Gasteiger partial charge in [-0.15, -0.1) is 12.4 Å². The molecular weight excluding hydrogens is 320 g/mol. The zero-order chi connectivity index (χ0) is 15.9. The standard InChI is InChI=1S/C16H22N2O4.ClH/c1-22-16(21)14(19)13(10-11-6-3-2-4-7-11)18-15(20)12-8-5-9-17-12;/h2-4,6-7,12-14,17,19H,5,8-10H2,1H3,(H,18,20);1H/t12-,13?,14?;/m0./s1. The monoisotopic (exact) mass is 342 g/mol. The van der Waals surface area contributed by atoms with E-state index in [0.29, 0.717) is 6.42 Å². The summed E-state index contributed by atoms with van der Waals surface area (Å²) in [6.45, 7) is 0.807. The fraction of sp³-hybridized carbons (Fsp3) is 0.500. The van der Waals surface area contributed by atoms with Gasteiger partial charge in [-0.2, -0.15) is 0 Å². The third-order valence-corrected chi connectivity index (χ3v) is 3.83. The van der Waals surface area contributed by atoms with Crippen LogP contribution < -0.4 is 10.6 Å². The van der Waals surface area contributed by atoms with Crippen LogP contribution in [0.5, 0.6) is 0 Å². The molecular formula is C16H23ClN2O4. The average Bonchev–Trinajstić information content (AvgIpc) is 3.08. The second kappa shape index (κ2) is 9.50. The van der Waals surface area contributed by atoms with Gasteiger partial charge in [-0.05, 0) is 31.4 Å². The number of hydrogen-bond acceptors (Lipinski definition) is 5. The fourth-order valence-electron chi connectivity index (χ4n) is 2.59. The number of nitrogens with one attached hydrogen (secondary N) is 2. The predicted octanol–water partition coefficient (Wildman–Crippen LogP) is 0.422. The first-order chi connectivity index (χ1) is 10.6. The van der Waals surface area contributed by atoms with Crippen molar-refractivity contribution in [1.82, 2.24) is 10.6 Å². The first-order valence-electron chi connectivity index (χ1n) is 7.45. The van der Waals surface area contributed by atoms with Crippen molar-refractivity contribution >= 4 is 24.3 Å². The summed E-state index contributed by atoms with van der Waals surface area (Å²) in [5.74, 6) is -0.943. The summed E-state index contributed by atoms with van der Waals surface area (Å²) < 4.78 is 4.58. The molecule has 0 saturated carbocycles. The van der Waals surface area contributed by atoms with Crippen molar-refractivity contribution in [3.8, 4) is 0 Å². The molecule has 128 valence electrons. The topological polar surface area (TPSA) is 87.7 Å². The van der Waals surface area contributed by atoms with E-state index >= 15 is 0 Å². The summed E-state index contributed by atoms with van der Waals surface area (Å²) in [7, 11) is 1.21. The summed E-state index contributed by atoms with van der Waals surface area (Å²) in [4.78, 5) is 23.8. The highest BCUT2D eigenvalue weighted by Gasteiger charge is 2.31. The second-order valence-corrected chi connectivity index (χ2v) is 5.42. The van der Waals surface area contributed by atoms with Crippen LogP contribution in [0.2, 0.25) is 0 Å². The van der Waals surface area contributed by atoms with E-state index in [2.05, 4.69) is 15.4 Å². The van der Waals surface area contributed by atoms with Crippen LogP contribution >= 0.6 is 12.4 Å². The molecule has 0 aromatic heterocycles. The van der Waals surface area contributed by atoms with Crippen molar-refractivity contribution in [2.75, 3.05) is 13.7 Å². The van der Waals surface area contributed by atoms with Crippen LogP contribution in [-0.2, 0) is 20.7 Å². The van der Waals surface area contributed by atoms with E-state index in [-0.39, 0.29) is 24.4 Å². The number of halogens is 1. The highest BCUT2D eigenvalue weighted by molar-refractivity contribution is 5.85. The van der Waals surface area contributed by atoms with Crippen LogP contribution in [0.15, 0.2) is 30.3 Å². The molecule has 0 radical (unpaired) electrons. The molecule has 2 unspecified atom stereocenters. The Morgan fingerprint density at radius 2 is 2.09 bits per heavy atom. The van der Waals surface area contributed by atoms with Crippen molar-refractivity contribution in [2.24, 2.45) is 0 Å². The number of carbonyl (C=O) groups is 2. The van der Waals surface area contributed by atoms with E-state index < -0.39 is 18.1 Å². The number of carbonyl (C=O) groups excluding carboxylic acids is 2. The van der Waals surface area contributed by atoms with Gasteiger partial charge in [0.2, 0.25) is 5.91 Å². The highest BCUT2D eigenvalue weighted by atomic mass is 35.5. The van der Waals surface area contributed by atoms with Crippen LogP contribution in [0.3, 0.4) is 0 Å². The Labute approximate surface area is 142 Å². The molecule has 23 heavy (non-hydrogen) atoms. The molecule has 1 aliphatic heterocycles. The van der Waals surface area contributed by atoms with Crippen molar-refractivity contribution in [3.63, 3.8) is 0 Å². The second-order valence-electron chi connectivity index (χ2n) is 5.42. The maximum absolute atomic E-state index is 12.2. The van der Waals surface area contributed by atoms with E-state index in [0.717, 1.165) is 24.9 Å². The summed E-state index contributed by atoms with van der Waals surface area (Å²) in [6.07, 6.45) is 0.671. The maximum atomic E-state index is 12.2. The number of esters is 1. The molecule has 1 aromatic carbocycles. The quantitative estimate of drug-likeness (QED) is 0.652. The Hall–Kier alpha value is -1.63. The maximum Gasteiger partial charge on any atom is 0.336 e. The predicted molar refractivity (Wildman–Crippen MR) is 88.4 cm³/mol. The largest absolute Gasteiger partial charge is 0.467 e. The number of methoxy groups -OCH3 is 1. The minimum absolute atomic E-state index is 0. The average molecular weight is 343 g/mol. The van der Waals surface area contributed by atoms with Gasteiger partial charge in [-0.25, -0.2) is 4.79 Å². The van der Waals surface area contributed by atoms with Gasteiger partial charge >= 0.3 is 5.97 Å². The van der Waals surface area contributed by atoms with E-state index in [1.54, 1.807) is 0 Å². The summed E-state index contributed by atoms with van der Waals surface area (Å²) in [5, 5.41) is 16.0. The van der Waals surface area contributed by atoms with Crippen LogP contribution in [0, 0.1) is 0 Å². The van der Waals surface area contributed by atoms with Crippen molar-refractivity contribution in [1.29, 1.82) is 0 Å². The van der Waals surface area contributed by atoms with Gasteiger partial charge in [0.15, 0.2) is 6.10 Å². The van der Waals surface area contributed by atoms with Gasteiger partial charge in [0, 0.05) is 0 Å². The molecule has 1 fully saturated rings. The van der Waals surface area contributed by atoms with Gasteiger partial charge in [0.1, 0.15) is 0 Å². The van der Waals surface area contributed by atoms with Gasteiger partial charge in [0.25, 0.3) is 0 Å². The van der Waals surface area contributed by atoms with Crippen molar-refractivity contribution < 1.29 is 19.4 Å². The number of aliphatic hydroxyl groups is 1. The Balaban J connectivity index is 0.00000264. The molecule has 3 N–H and O–H groups in total. The lowest BCUT2D eigenvalue weighted by molar-refractivity contribution is -0.152. The normalized spacial score (nSPS) is 19.3. The van der Waals surface area contributed by atoms with E-state index in [1.807, 2.05) is 30.3 Å². The lowest BCUT2D eigenvalue weighted by atomic mass is 10.0. The molecule has 1 amide bonds. The van der Waals surface area contributed by atoms with Crippen LogP contribution in [0.25, 0.3) is 0 Å². The molecule has 0 aliphatic carbocycles. The van der Waals surface area contributed by atoms with Crippen LogP contribution in [0.4, 0.5) is 0 Å². The molecule has 0 spiro atoms. The minimum Gasteiger partial charge on any atom is -0.467 e. The Morgan fingerprint density at radius 3 is 2.65 bits per heavy atom. The van der Waals surface area contributed by atoms with E-state index in [9.17, 15) is 14.7 Å². The number of ether oxygens (including phenoxy) is 1. The smallest absolute Gasteiger partial charge is 0.336 e. The van der Waals surface area contributed by atoms with Crippen molar-refractivity contribution in [2.45, 2.75) is 37.5 Å². The Kier molecular flexibility index (Phi) is 8.02. The Bertz CT molecular complexity index is 506. The lowest BCUT2D eigenvalue weighted by Crippen LogP contribution is -2.52. The van der Waals surface area contributed by atoms with E-state index in [4.69, 9.17) is 0 Å². The summed E-state index contributed by atoms with van der Waals surface area (Å²) >= 11 is 0. The Morgan fingerprint density at radius 1 is 1.39 bits per heavy atom. The molecule has 1 saturated heterocycles. The van der Waals surface area contributed by atoms with Gasteiger partial charge in [-0.1, -0.05) is 30.3 Å². The number of hydrogen-bond donors (Lipinski definition) is 3. The molecule has 7 heteroatoms. The fourth-order valence-corrected chi connectivity index (χ4v) is 2.59. The molecule has 2 rings (SSSR count). The molecule has 1 aromatic rings. The molecule has 3 atom stereocenters. The summed E-state index contributed by atoms with van der Waals surface area (Å²) in [5.41, 5.74) is 0.926. The molecule has 1 aliphatic rings. The molecule has 1 heterocycles. The van der Waals surface area contributed by atoms with Gasteiger partial charge in [-0.3, -0.25) is 4.79 Å². The zero-order valence-electron chi connectivity index (χ0n) is 13.0. The van der Waals surface area contributed by atoms with Crippen LogP contribution in [0.1, 0.15) is 18.4 Å². The van der Waals surface area contributed by atoms with Gasteiger partial charge < -0.3 is 20.5 Å². The van der Waals surface area contributed by atoms with Gasteiger partial charge in [0.05, 0.1) is 19.2 Å². The first-order valence-corrected chi connectivity index (χ1v) is 7.45. The van der Waals surface area contributed by atoms with E-state index in [1.165, 1.54) is 7.11 Å². The number of benzene rings is 1. The van der Waals surface area contributed by atoms with Crippen LogP contribution in [-0.4, -0.2) is 48.8 Å². The number of amides is 1. The molecule has 0 bridgehead atoms. The minimum atomic E-state index is -1.39. The first kappa shape index (κ1) is 19.4. The number of rotatable bonds is 6. The lowest BCUT2D eigenvalue weighted by Gasteiger charge is -2.24. The zero-order valence-corrected chi connectivity index (χ0v) is 13.8. The number of aliphatic hydroxyl groups excluding tert-OH is 1. The third-order valence-electron chi connectivity index (χ3n) is 3.83. The molecule has 6 nitrogen and oxygen atoms in total. The summed E-state index contributed by atoms with van der Waals surface area (Å²) in [6, 6.07) is 8.42. The highest BCUT2D eigenvalue weighted by Crippen LogP contribution is 2.10. The SMILES string of the molecule is COC(=O)C(O)C(Cc1ccccc1)NC(=O)[C@@H]1CCCN1.Cl. The van der Waals surface area contributed by atoms with Crippen molar-refractivity contribution in [3.05, 3.63) is 35.9 Å².